The van der Waals surface area contributed by atoms with Crippen LogP contribution >= 0.6 is 23.2 Å². The van der Waals surface area contributed by atoms with Crippen LogP contribution in [0.4, 0.5) is 0 Å². The quantitative estimate of drug-likeness (QED) is 0.451. The molecular weight excluding hydrogens is 297 g/mol. The predicted octanol–water partition coefficient (Wildman–Crippen LogP) is 3.76. The van der Waals surface area contributed by atoms with Crippen LogP contribution in [0.2, 0.25) is 10.0 Å². The van der Waals surface area contributed by atoms with Crippen molar-refractivity contribution in [3.05, 3.63) is 33.8 Å². The number of hydrogen-bond acceptors (Lipinski definition) is 4. The van der Waals surface area contributed by atoms with Crippen molar-refractivity contribution in [2.24, 2.45) is 10.9 Å². The fourth-order valence-corrected chi connectivity index (χ4v) is 1.89. The second kappa shape index (κ2) is 9.60. The number of nitriles is 1. The molecule has 0 spiro atoms. The third-order valence-electron chi connectivity index (χ3n) is 2.59. The Morgan fingerprint density at radius 2 is 2.10 bits per heavy atom. The van der Waals surface area contributed by atoms with Crippen molar-refractivity contribution in [3.8, 4) is 6.07 Å². The summed E-state index contributed by atoms with van der Waals surface area (Å²) in [5.74, 6) is 0. The lowest BCUT2D eigenvalue weighted by molar-refractivity contribution is 0.152. The monoisotopic (exact) mass is 313 g/mol. The lowest BCUT2D eigenvalue weighted by Crippen LogP contribution is -2.08. The molecule has 6 heteroatoms. The van der Waals surface area contributed by atoms with Gasteiger partial charge in [-0.15, -0.1) is 0 Å². The van der Waals surface area contributed by atoms with E-state index in [9.17, 15) is 0 Å². The van der Waals surface area contributed by atoms with Crippen molar-refractivity contribution in [1.29, 1.82) is 5.26 Å². The molecule has 0 saturated heterocycles. The smallest absolute Gasteiger partial charge is 0.129 e. The molecular formula is C14H17Cl2N3O. The normalized spacial score (nSPS) is 11.2. The van der Waals surface area contributed by atoms with E-state index in [1.165, 1.54) is 0 Å². The van der Waals surface area contributed by atoms with Gasteiger partial charge in [0.1, 0.15) is 6.61 Å². The van der Waals surface area contributed by atoms with Crippen molar-refractivity contribution >= 4 is 28.9 Å². The first kappa shape index (κ1) is 16.8. The molecule has 0 amide bonds. The Balaban J connectivity index is 2.77. The zero-order chi connectivity index (χ0) is 14.8. The molecule has 0 aliphatic heterocycles. The largest absolute Gasteiger partial charge is 0.394 e. The molecule has 0 atom stereocenters. The Morgan fingerprint density at radius 1 is 1.30 bits per heavy atom. The van der Waals surface area contributed by atoms with Gasteiger partial charge in [0.05, 0.1) is 21.8 Å². The van der Waals surface area contributed by atoms with Gasteiger partial charge in [0.15, 0.2) is 0 Å². The average molecular weight is 314 g/mol. The summed E-state index contributed by atoms with van der Waals surface area (Å²) in [4.78, 5) is 5.15. The summed E-state index contributed by atoms with van der Waals surface area (Å²) in [5, 5.41) is 13.6. The first-order chi connectivity index (χ1) is 9.69. The van der Waals surface area contributed by atoms with E-state index < -0.39 is 0 Å². The molecule has 0 bridgehead atoms. The maximum Gasteiger partial charge on any atom is 0.129 e. The van der Waals surface area contributed by atoms with Gasteiger partial charge < -0.3 is 10.6 Å². The molecule has 0 aromatic heterocycles. The van der Waals surface area contributed by atoms with Crippen LogP contribution in [-0.4, -0.2) is 18.9 Å². The van der Waals surface area contributed by atoms with Crippen LogP contribution in [0.3, 0.4) is 0 Å². The molecule has 0 heterocycles. The van der Waals surface area contributed by atoms with E-state index in [1.807, 2.05) is 6.07 Å². The zero-order valence-corrected chi connectivity index (χ0v) is 12.6. The number of rotatable bonds is 8. The molecule has 0 aliphatic carbocycles. The van der Waals surface area contributed by atoms with Gasteiger partial charge in [-0.05, 0) is 31.4 Å². The molecule has 1 rings (SSSR count). The Hall–Kier alpha value is -1.28. The third kappa shape index (κ3) is 5.79. The Labute approximate surface area is 129 Å². The van der Waals surface area contributed by atoms with E-state index in [0.29, 0.717) is 36.0 Å². The minimum Gasteiger partial charge on any atom is -0.394 e. The highest BCUT2D eigenvalue weighted by Gasteiger charge is 2.07. The summed E-state index contributed by atoms with van der Waals surface area (Å²) in [6.45, 7) is 0.773. The van der Waals surface area contributed by atoms with E-state index in [0.717, 1.165) is 24.1 Å². The molecule has 108 valence electrons. The van der Waals surface area contributed by atoms with Crippen LogP contribution < -0.4 is 5.73 Å². The highest BCUT2D eigenvalue weighted by molar-refractivity contribution is 6.42. The summed E-state index contributed by atoms with van der Waals surface area (Å²) in [6, 6.07) is 7.47. The molecule has 20 heavy (non-hydrogen) atoms. The second-order valence-corrected chi connectivity index (χ2v) is 4.97. The third-order valence-corrected chi connectivity index (χ3v) is 3.33. The molecule has 0 unspecified atom stereocenters. The minimum atomic E-state index is 0.364. The maximum absolute atomic E-state index is 8.54. The lowest BCUT2D eigenvalue weighted by atomic mass is 10.0. The Kier molecular flexibility index (Phi) is 8.05. The summed E-state index contributed by atoms with van der Waals surface area (Å²) in [6.07, 6.45) is 2.94. The number of nitrogens with two attached hydrogens (primary N) is 1. The first-order valence-corrected chi connectivity index (χ1v) is 7.16. The molecule has 0 radical (unpaired) electrons. The van der Waals surface area contributed by atoms with Gasteiger partial charge in [0, 0.05) is 18.5 Å². The standard InChI is InChI=1S/C14H17Cl2N3O/c15-12-6-5-11(10-13(12)16)14(19-20-9-8-18)4-2-1-3-7-17/h5-6,10H,1-4,8-9,18H2. The lowest BCUT2D eigenvalue weighted by Gasteiger charge is -2.07. The van der Waals surface area contributed by atoms with Crippen molar-refractivity contribution in [2.75, 3.05) is 13.2 Å². The van der Waals surface area contributed by atoms with Gasteiger partial charge in [-0.2, -0.15) is 5.26 Å². The van der Waals surface area contributed by atoms with Crippen LogP contribution in [0.15, 0.2) is 23.4 Å². The summed E-state index contributed by atoms with van der Waals surface area (Å²) in [7, 11) is 0. The number of oxime groups is 1. The fourth-order valence-electron chi connectivity index (χ4n) is 1.59. The van der Waals surface area contributed by atoms with Crippen molar-refractivity contribution in [3.63, 3.8) is 0 Å². The van der Waals surface area contributed by atoms with Gasteiger partial charge in [-0.3, -0.25) is 0 Å². The topological polar surface area (TPSA) is 71.4 Å². The zero-order valence-electron chi connectivity index (χ0n) is 11.1. The first-order valence-electron chi connectivity index (χ1n) is 6.40. The van der Waals surface area contributed by atoms with E-state index >= 15 is 0 Å². The summed E-state index contributed by atoms with van der Waals surface area (Å²) < 4.78 is 0. The van der Waals surface area contributed by atoms with E-state index in [2.05, 4.69) is 11.2 Å². The van der Waals surface area contributed by atoms with Crippen LogP contribution in [0.5, 0.6) is 0 Å². The van der Waals surface area contributed by atoms with Crippen molar-refractivity contribution in [2.45, 2.75) is 25.7 Å². The van der Waals surface area contributed by atoms with Crippen LogP contribution in [0, 0.1) is 11.3 Å². The molecule has 0 aliphatic rings. The van der Waals surface area contributed by atoms with Crippen molar-refractivity contribution < 1.29 is 4.84 Å². The van der Waals surface area contributed by atoms with Gasteiger partial charge in [-0.25, -0.2) is 0 Å². The highest BCUT2D eigenvalue weighted by Crippen LogP contribution is 2.24. The Bertz CT molecular complexity index is 498. The van der Waals surface area contributed by atoms with Gasteiger partial charge >= 0.3 is 0 Å². The van der Waals surface area contributed by atoms with E-state index in [-0.39, 0.29) is 0 Å². The molecule has 1 aromatic rings. The highest BCUT2D eigenvalue weighted by atomic mass is 35.5. The molecule has 0 fully saturated rings. The van der Waals surface area contributed by atoms with E-state index in [1.54, 1.807) is 12.1 Å². The minimum absolute atomic E-state index is 0.364. The second-order valence-electron chi connectivity index (χ2n) is 4.15. The van der Waals surface area contributed by atoms with Gasteiger partial charge in [0.2, 0.25) is 0 Å². The molecule has 0 saturated carbocycles. The summed E-state index contributed by atoms with van der Waals surface area (Å²) >= 11 is 11.9. The molecule has 1 aromatic carbocycles. The van der Waals surface area contributed by atoms with Crippen LogP contribution in [-0.2, 0) is 4.84 Å². The number of nitrogens with zero attached hydrogens (tertiary/aromatic N) is 2. The van der Waals surface area contributed by atoms with E-state index in [4.69, 9.17) is 39.0 Å². The van der Waals surface area contributed by atoms with Crippen LogP contribution in [0.25, 0.3) is 0 Å². The number of unbranched alkanes of at least 4 members (excludes halogenated alkanes) is 2. The average Bonchev–Trinajstić information content (AvgIpc) is 2.45. The summed E-state index contributed by atoms with van der Waals surface area (Å²) in [5.41, 5.74) is 7.02. The maximum atomic E-state index is 8.54. The Morgan fingerprint density at radius 3 is 2.75 bits per heavy atom. The molecule has 4 nitrogen and oxygen atoms in total. The fraction of sp³-hybridized carbons (Fsp3) is 0.429. The van der Waals surface area contributed by atoms with Gasteiger partial charge in [-0.1, -0.05) is 34.4 Å². The number of hydrogen-bond donors (Lipinski definition) is 1. The SMILES string of the molecule is N#CCCCCC(=NOCCN)c1ccc(Cl)c(Cl)c1. The van der Waals surface area contributed by atoms with Crippen molar-refractivity contribution in [1.82, 2.24) is 0 Å². The number of benzene rings is 1. The predicted molar refractivity (Wildman–Crippen MR) is 82.1 cm³/mol. The molecule has 2 N–H and O–H groups in total. The van der Waals surface area contributed by atoms with Crippen LogP contribution in [0.1, 0.15) is 31.2 Å². The number of halogens is 2. The van der Waals surface area contributed by atoms with Gasteiger partial charge in [0.25, 0.3) is 0 Å².